The number of hydrogen-bond acceptors (Lipinski definition) is 4. The van der Waals surface area contributed by atoms with Crippen molar-refractivity contribution in [2.24, 2.45) is 11.7 Å². The van der Waals surface area contributed by atoms with Gasteiger partial charge in [0, 0.05) is 18.7 Å². The second-order valence-corrected chi connectivity index (χ2v) is 4.03. The van der Waals surface area contributed by atoms with Crippen LogP contribution in [0.15, 0.2) is 12.3 Å². The highest BCUT2D eigenvalue weighted by Crippen LogP contribution is 2.25. The van der Waals surface area contributed by atoms with Crippen molar-refractivity contribution in [1.29, 1.82) is 0 Å². The molecule has 82 valence electrons. The van der Waals surface area contributed by atoms with Gasteiger partial charge < -0.3 is 10.5 Å². The third kappa shape index (κ3) is 2.52. The molecule has 1 aliphatic rings. The highest BCUT2D eigenvalue weighted by molar-refractivity contribution is 5.08. The Morgan fingerprint density at radius 2 is 2.47 bits per heavy atom. The number of nitrogens with two attached hydrogens (primary N) is 1. The second-order valence-electron chi connectivity index (χ2n) is 4.03. The maximum Gasteiger partial charge on any atom is 0.125 e. The van der Waals surface area contributed by atoms with Gasteiger partial charge in [0.25, 0.3) is 0 Å². The van der Waals surface area contributed by atoms with Crippen LogP contribution in [0.25, 0.3) is 0 Å². The number of hydrogen-bond donors (Lipinski definition) is 1. The van der Waals surface area contributed by atoms with Crippen LogP contribution in [-0.2, 0) is 4.74 Å². The summed E-state index contributed by atoms with van der Waals surface area (Å²) in [5.41, 5.74) is 7.10. The number of aromatic nitrogens is 2. The van der Waals surface area contributed by atoms with Crippen LogP contribution in [0.4, 0.5) is 0 Å². The molecule has 2 atom stereocenters. The van der Waals surface area contributed by atoms with Crippen molar-refractivity contribution in [2.75, 3.05) is 13.2 Å². The van der Waals surface area contributed by atoms with E-state index in [2.05, 4.69) is 9.97 Å². The fourth-order valence-electron chi connectivity index (χ4n) is 1.95. The lowest BCUT2D eigenvalue weighted by Gasteiger charge is -2.27. The molecule has 1 saturated heterocycles. The van der Waals surface area contributed by atoms with Crippen molar-refractivity contribution in [3.8, 4) is 0 Å². The minimum absolute atomic E-state index is 0.0213. The molecule has 0 aromatic carbocycles. The van der Waals surface area contributed by atoms with Crippen molar-refractivity contribution >= 4 is 0 Å². The largest absolute Gasteiger partial charge is 0.381 e. The Hall–Kier alpha value is -1.00. The minimum atomic E-state index is -0.0213. The molecule has 2 N–H and O–H groups in total. The molecule has 0 spiro atoms. The molecule has 0 amide bonds. The van der Waals surface area contributed by atoms with E-state index in [0.717, 1.165) is 37.6 Å². The van der Waals surface area contributed by atoms with Gasteiger partial charge in [0.05, 0.1) is 18.3 Å². The lowest BCUT2D eigenvalue weighted by atomic mass is 9.92. The Balaban J connectivity index is 2.08. The molecule has 4 nitrogen and oxygen atoms in total. The molecule has 0 aliphatic carbocycles. The van der Waals surface area contributed by atoms with Crippen molar-refractivity contribution in [2.45, 2.75) is 25.8 Å². The zero-order valence-electron chi connectivity index (χ0n) is 9.02. The highest BCUT2D eigenvalue weighted by Gasteiger charge is 2.23. The van der Waals surface area contributed by atoms with Gasteiger partial charge in [0.1, 0.15) is 5.82 Å². The zero-order chi connectivity index (χ0) is 10.7. The first-order valence-electron chi connectivity index (χ1n) is 5.40. The molecule has 2 rings (SSSR count). The summed E-state index contributed by atoms with van der Waals surface area (Å²) in [4.78, 5) is 8.43. The van der Waals surface area contributed by atoms with Crippen molar-refractivity contribution in [3.63, 3.8) is 0 Å². The van der Waals surface area contributed by atoms with E-state index in [4.69, 9.17) is 10.5 Å². The average molecular weight is 207 g/mol. The normalized spacial score (nSPS) is 23.7. The van der Waals surface area contributed by atoms with E-state index in [1.165, 1.54) is 0 Å². The summed E-state index contributed by atoms with van der Waals surface area (Å²) in [5, 5.41) is 0. The monoisotopic (exact) mass is 207 g/mol. The predicted octanol–water partition coefficient (Wildman–Crippen LogP) is 1.21. The van der Waals surface area contributed by atoms with Crippen molar-refractivity contribution < 1.29 is 4.74 Å². The lowest BCUT2D eigenvalue weighted by Crippen LogP contribution is -2.29. The SMILES string of the molecule is Cc1nccc(C(N)C2CCCOC2)n1. The molecule has 2 heterocycles. The van der Waals surface area contributed by atoms with Crippen molar-refractivity contribution in [3.05, 3.63) is 23.8 Å². The number of aryl methyl sites for hydroxylation is 1. The summed E-state index contributed by atoms with van der Waals surface area (Å²) in [6.45, 7) is 3.50. The predicted molar refractivity (Wildman–Crippen MR) is 57.2 cm³/mol. The van der Waals surface area contributed by atoms with Crippen LogP contribution < -0.4 is 5.73 Å². The zero-order valence-corrected chi connectivity index (χ0v) is 9.02. The molecule has 4 heteroatoms. The molecule has 15 heavy (non-hydrogen) atoms. The van der Waals surface area contributed by atoms with Gasteiger partial charge in [0.15, 0.2) is 0 Å². The molecular weight excluding hydrogens is 190 g/mol. The third-order valence-corrected chi connectivity index (χ3v) is 2.84. The van der Waals surface area contributed by atoms with Gasteiger partial charge in [-0.25, -0.2) is 9.97 Å². The summed E-state index contributed by atoms with van der Waals surface area (Å²) in [6, 6.07) is 1.87. The van der Waals surface area contributed by atoms with Crippen LogP contribution in [0.5, 0.6) is 0 Å². The fourth-order valence-corrected chi connectivity index (χ4v) is 1.95. The first kappa shape index (κ1) is 10.5. The molecule has 0 saturated carbocycles. The molecule has 2 unspecified atom stereocenters. The van der Waals surface area contributed by atoms with Gasteiger partial charge in [-0.3, -0.25) is 0 Å². The summed E-state index contributed by atoms with van der Waals surface area (Å²) in [7, 11) is 0. The maximum atomic E-state index is 6.17. The first-order valence-corrected chi connectivity index (χ1v) is 5.40. The average Bonchev–Trinajstić information content (AvgIpc) is 2.29. The first-order chi connectivity index (χ1) is 7.27. The van der Waals surface area contributed by atoms with Crippen LogP contribution in [0.2, 0.25) is 0 Å². The van der Waals surface area contributed by atoms with Gasteiger partial charge in [-0.1, -0.05) is 0 Å². The molecule has 1 aliphatic heterocycles. The maximum absolute atomic E-state index is 6.17. The van der Waals surface area contributed by atoms with Crippen LogP contribution in [-0.4, -0.2) is 23.2 Å². The topological polar surface area (TPSA) is 61.0 Å². The highest BCUT2D eigenvalue weighted by atomic mass is 16.5. The summed E-state index contributed by atoms with van der Waals surface area (Å²) >= 11 is 0. The van der Waals surface area contributed by atoms with Gasteiger partial charge in [-0.15, -0.1) is 0 Å². The fraction of sp³-hybridized carbons (Fsp3) is 0.636. The quantitative estimate of drug-likeness (QED) is 0.792. The molecule has 0 bridgehead atoms. The van der Waals surface area contributed by atoms with Crippen LogP contribution >= 0.6 is 0 Å². The van der Waals surface area contributed by atoms with Crippen molar-refractivity contribution in [1.82, 2.24) is 9.97 Å². The van der Waals surface area contributed by atoms with E-state index < -0.39 is 0 Å². The molecule has 1 fully saturated rings. The minimum Gasteiger partial charge on any atom is -0.381 e. The standard InChI is InChI=1S/C11H17N3O/c1-8-13-5-4-10(14-8)11(12)9-3-2-6-15-7-9/h4-5,9,11H,2-3,6-7,12H2,1H3. The van der Waals surface area contributed by atoms with E-state index in [0.29, 0.717) is 5.92 Å². The van der Waals surface area contributed by atoms with E-state index in [1.807, 2.05) is 13.0 Å². The number of rotatable bonds is 2. The Morgan fingerprint density at radius 1 is 1.60 bits per heavy atom. The summed E-state index contributed by atoms with van der Waals surface area (Å²) < 4.78 is 5.43. The van der Waals surface area contributed by atoms with E-state index in [-0.39, 0.29) is 6.04 Å². The lowest BCUT2D eigenvalue weighted by molar-refractivity contribution is 0.0442. The van der Waals surface area contributed by atoms with Gasteiger partial charge in [0.2, 0.25) is 0 Å². The smallest absolute Gasteiger partial charge is 0.125 e. The Morgan fingerprint density at radius 3 is 3.13 bits per heavy atom. The summed E-state index contributed by atoms with van der Waals surface area (Å²) in [6.07, 6.45) is 3.99. The van der Waals surface area contributed by atoms with Gasteiger partial charge in [-0.2, -0.15) is 0 Å². The Kier molecular flexibility index (Phi) is 3.28. The molecule has 0 radical (unpaired) electrons. The summed E-state index contributed by atoms with van der Waals surface area (Å²) in [5.74, 6) is 1.17. The third-order valence-electron chi connectivity index (χ3n) is 2.84. The van der Waals surface area contributed by atoms with E-state index in [1.54, 1.807) is 6.20 Å². The second kappa shape index (κ2) is 4.68. The van der Waals surface area contributed by atoms with Crippen LogP contribution in [0.1, 0.15) is 30.4 Å². The number of ether oxygens (including phenoxy) is 1. The molecule has 1 aromatic rings. The van der Waals surface area contributed by atoms with Gasteiger partial charge in [-0.05, 0) is 25.8 Å². The molecular formula is C11H17N3O. The van der Waals surface area contributed by atoms with Crippen LogP contribution in [0.3, 0.4) is 0 Å². The Bertz CT molecular complexity index is 323. The van der Waals surface area contributed by atoms with E-state index >= 15 is 0 Å². The van der Waals surface area contributed by atoms with E-state index in [9.17, 15) is 0 Å². The molecule has 1 aromatic heterocycles. The number of nitrogens with zero attached hydrogens (tertiary/aromatic N) is 2. The van der Waals surface area contributed by atoms with Crippen LogP contribution in [0, 0.1) is 12.8 Å². The Labute approximate surface area is 89.9 Å². The van der Waals surface area contributed by atoms with Gasteiger partial charge >= 0.3 is 0 Å².